The normalized spacial score (nSPS) is 11.6. The quantitative estimate of drug-likeness (QED) is 0.368. The highest BCUT2D eigenvalue weighted by Gasteiger charge is 2.33. The number of benzene rings is 2. The van der Waals surface area contributed by atoms with E-state index in [0.717, 1.165) is 16.0 Å². The molecule has 0 spiro atoms. The van der Waals surface area contributed by atoms with E-state index in [0.29, 0.717) is 28.3 Å². The van der Waals surface area contributed by atoms with Crippen molar-refractivity contribution in [3.8, 4) is 22.6 Å². The highest BCUT2D eigenvalue weighted by molar-refractivity contribution is 5.72. The molecule has 0 unspecified atom stereocenters. The first-order valence-electron chi connectivity index (χ1n) is 9.64. The van der Waals surface area contributed by atoms with Crippen molar-refractivity contribution >= 4 is 5.88 Å². The smallest absolute Gasteiger partial charge is 0.406 e. The van der Waals surface area contributed by atoms with Crippen LogP contribution < -0.4 is 4.90 Å². The number of anilines is 1. The van der Waals surface area contributed by atoms with Crippen molar-refractivity contribution in [2.24, 2.45) is 0 Å². The number of nitrogens with zero attached hydrogens (tertiary/aromatic N) is 3. The van der Waals surface area contributed by atoms with Crippen molar-refractivity contribution < 1.29 is 22.1 Å². The van der Waals surface area contributed by atoms with Crippen molar-refractivity contribution in [3.05, 3.63) is 77.8 Å². The van der Waals surface area contributed by atoms with Crippen LogP contribution in [0.3, 0.4) is 0 Å². The molecule has 0 aliphatic rings. The fourth-order valence-corrected chi connectivity index (χ4v) is 3.44. The molecule has 0 amide bonds. The third kappa shape index (κ3) is 4.63. The third-order valence-electron chi connectivity index (χ3n) is 5.02. The maximum absolute atomic E-state index is 13.4. The van der Waals surface area contributed by atoms with Gasteiger partial charge in [-0.1, -0.05) is 41.6 Å². The Labute approximate surface area is 177 Å². The molecule has 5 nitrogen and oxygen atoms in total. The summed E-state index contributed by atoms with van der Waals surface area (Å²) in [5.74, 6) is 0.505. The topological polar surface area (TPSA) is 55.3 Å². The van der Waals surface area contributed by atoms with E-state index < -0.39 is 12.7 Å². The van der Waals surface area contributed by atoms with E-state index in [4.69, 9.17) is 8.94 Å². The van der Waals surface area contributed by atoms with Crippen molar-refractivity contribution in [2.45, 2.75) is 26.6 Å². The molecule has 160 valence electrons. The zero-order valence-corrected chi connectivity index (χ0v) is 17.0. The van der Waals surface area contributed by atoms with Gasteiger partial charge in [-0.2, -0.15) is 13.2 Å². The Kier molecular flexibility index (Phi) is 5.54. The number of aromatic nitrogens is 2. The fourth-order valence-electron chi connectivity index (χ4n) is 3.44. The molecule has 0 aliphatic heterocycles. The minimum Gasteiger partial charge on any atom is -0.445 e. The van der Waals surface area contributed by atoms with Crippen LogP contribution in [0.1, 0.15) is 16.8 Å². The molecule has 0 fully saturated rings. The van der Waals surface area contributed by atoms with E-state index in [9.17, 15) is 13.2 Å². The molecule has 2 heterocycles. The number of alkyl halides is 3. The van der Waals surface area contributed by atoms with Gasteiger partial charge in [-0.25, -0.2) is 4.98 Å². The van der Waals surface area contributed by atoms with Gasteiger partial charge in [0, 0.05) is 17.7 Å². The Bertz CT molecular complexity index is 1150. The second-order valence-electron chi connectivity index (χ2n) is 7.24. The van der Waals surface area contributed by atoms with Gasteiger partial charge in [0.2, 0.25) is 11.8 Å². The summed E-state index contributed by atoms with van der Waals surface area (Å²) in [7, 11) is 0. The average Bonchev–Trinajstić information content (AvgIpc) is 3.38. The van der Waals surface area contributed by atoms with Gasteiger partial charge in [-0.05, 0) is 42.7 Å². The maximum atomic E-state index is 13.4. The predicted molar refractivity (Wildman–Crippen MR) is 110 cm³/mol. The molecule has 0 aliphatic carbocycles. The summed E-state index contributed by atoms with van der Waals surface area (Å²) in [6, 6.07) is 15.0. The summed E-state index contributed by atoms with van der Waals surface area (Å²) in [6.45, 7) is 2.20. The first-order chi connectivity index (χ1) is 14.8. The minimum absolute atomic E-state index is 0.0340. The van der Waals surface area contributed by atoms with E-state index in [1.165, 1.54) is 12.5 Å². The number of oxazole rings is 1. The molecular formula is C23H20F3N3O2. The molecule has 0 N–H and O–H groups in total. The van der Waals surface area contributed by atoms with E-state index >= 15 is 0 Å². The molecule has 31 heavy (non-hydrogen) atoms. The minimum atomic E-state index is -4.42. The van der Waals surface area contributed by atoms with Crippen molar-refractivity contribution in [3.63, 3.8) is 0 Å². The van der Waals surface area contributed by atoms with Gasteiger partial charge in [-0.15, -0.1) is 0 Å². The molecule has 4 rings (SSSR count). The van der Waals surface area contributed by atoms with E-state index in [2.05, 4.69) is 10.1 Å². The largest absolute Gasteiger partial charge is 0.445 e. The summed E-state index contributed by atoms with van der Waals surface area (Å²) < 4.78 is 50.9. The highest BCUT2D eigenvalue weighted by atomic mass is 19.4. The lowest BCUT2D eigenvalue weighted by molar-refractivity contribution is -0.120. The highest BCUT2D eigenvalue weighted by Crippen LogP contribution is 2.33. The summed E-state index contributed by atoms with van der Waals surface area (Å²) in [5.41, 5.74) is 4.20. The van der Waals surface area contributed by atoms with Crippen LogP contribution >= 0.6 is 0 Å². The molecular weight excluding hydrogens is 407 g/mol. The lowest BCUT2D eigenvalue weighted by Crippen LogP contribution is -2.34. The van der Waals surface area contributed by atoms with Crippen LogP contribution in [0, 0.1) is 13.8 Å². The first-order valence-corrected chi connectivity index (χ1v) is 9.64. The Morgan fingerprint density at radius 3 is 2.39 bits per heavy atom. The number of hydrogen-bond acceptors (Lipinski definition) is 5. The zero-order valence-electron chi connectivity index (χ0n) is 17.0. The van der Waals surface area contributed by atoms with Crippen LogP contribution in [0.5, 0.6) is 0 Å². The lowest BCUT2D eigenvalue weighted by Gasteiger charge is -2.25. The Hall–Kier alpha value is -3.55. The Morgan fingerprint density at radius 2 is 1.77 bits per heavy atom. The Morgan fingerprint density at radius 1 is 1.00 bits per heavy atom. The second-order valence-corrected chi connectivity index (χ2v) is 7.24. The summed E-state index contributed by atoms with van der Waals surface area (Å²) in [6.07, 6.45) is -1.44. The van der Waals surface area contributed by atoms with Gasteiger partial charge in [0.1, 0.15) is 12.8 Å². The number of halogens is 3. The SMILES string of the molecule is Cc1noc(N(Cc2cc(-c3ncco3)ccc2-c2ccccc2)CC(F)(F)F)c1C. The summed E-state index contributed by atoms with van der Waals surface area (Å²) >= 11 is 0. The van der Waals surface area contributed by atoms with E-state index in [1.807, 2.05) is 42.5 Å². The number of aryl methyl sites for hydroxylation is 1. The predicted octanol–water partition coefficient (Wildman–Crippen LogP) is 6.18. The van der Waals surface area contributed by atoms with Crippen LogP contribution in [0.2, 0.25) is 0 Å². The van der Waals surface area contributed by atoms with Gasteiger partial charge >= 0.3 is 6.18 Å². The van der Waals surface area contributed by atoms with Crippen LogP contribution in [-0.4, -0.2) is 22.9 Å². The molecule has 2 aromatic carbocycles. The van der Waals surface area contributed by atoms with Crippen molar-refractivity contribution in [1.29, 1.82) is 0 Å². The molecule has 0 radical (unpaired) electrons. The molecule has 0 atom stereocenters. The van der Waals surface area contributed by atoms with Gasteiger partial charge in [-0.3, -0.25) is 0 Å². The third-order valence-corrected chi connectivity index (χ3v) is 5.02. The van der Waals surface area contributed by atoms with Gasteiger partial charge in [0.15, 0.2) is 0 Å². The molecule has 0 bridgehead atoms. The molecule has 2 aromatic heterocycles. The van der Waals surface area contributed by atoms with Crippen LogP contribution in [0.25, 0.3) is 22.6 Å². The van der Waals surface area contributed by atoms with Gasteiger partial charge in [0.25, 0.3) is 0 Å². The average molecular weight is 427 g/mol. The van der Waals surface area contributed by atoms with Gasteiger partial charge in [0.05, 0.1) is 11.9 Å². The summed E-state index contributed by atoms with van der Waals surface area (Å²) in [4.78, 5) is 5.32. The van der Waals surface area contributed by atoms with Crippen LogP contribution in [0.15, 0.2) is 69.9 Å². The number of hydrogen-bond donors (Lipinski definition) is 0. The van der Waals surface area contributed by atoms with Gasteiger partial charge < -0.3 is 13.8 Å². The maximum Gasteiger partial charge on any atom is 0.406 e. The standard InChI is InChI=1S/C23H20F3N3O2/c1-15-16(2)28-31-22(15)29(14-23(24,25)26)13-19-12-18(21-27-10-11-30-21)8-9-20(19)17-6-4-3-5-7-17/h3-12H,13-14H2,1-2H3. The Balaban J connectivity index is 1.80. The van der Waals surface area contributed by atoms with Crippen LogP contribution in [0.4, 0.5) is 19.1 Å². The van der Waals surface area contributed by atoms with E-state index in [-0.39, 0.29) is 12.4 Å². The first kappa shape index (κ1) is 20.7. The monoisotopic (exact) mass is 427 g/mol. The van der Waals surface area contributed by atoms with Crippen molar-refractivity contribution in [1.82, 2.24) is 10.1 Å². The lowest BCUT2D eigenvalue weighted by atomic mass is 9.97. The van der Waals surface area contributed by atoms with Crippen molar-refractivity contribution in [2.75, 3.05) is 11.4 Å². The second kappa shape index (κ2) is 8.29. The molecule has 4 aromatic rings. The zero-order chi connectivity index (χ0) is 22.0. The number of rotatable bonds is 6. The fraction of sp³-hybridized carbons (Fsp3) is 0.217. The molecule has 0 saturated carbocycles. The van der Waals surface area contributed by atoms with E-state index in [1.54, 1.807) is 19.9 Å². The molecule has 0 saturated heterocycles. The van der Waals surface area contributed by atoms with Crippen LogP contribution in [-0.2, 0) is 6.54 Å². The molecule has 8 heteroatoms. The summed E-state index contributed by atoms with van der Waals surface area (Å²) in [5, 5.41) is 3.84.